The molecule has 0 aliphatic carbocycles. The Kier molecular flexibility index (Phi) is 4.85. The normalized spacial score (nSPS) is 12.3. The quantitative estimate of drug-likeness (QED) is 0.762. The summed E-state index contributed by atoms with van der Waals surface area (Å²) in [4.78, 5) is 22.6. The number of rotatable bonds is 6. The summed E-state index contributed by atoms with van der Waals surface area (Å²) in [6.07, 6.45) is 1.52. The minimum absolute atomic E-state index is 0.404. The third-order valence-corrected chi connectivity index (χ3v) is 3.47. The highest BCUT2D eigenvalue weighted by molar-refractivity contribution is 5.88. The molecule has 1 atom stereocenters. The first kappa shape index (κ1) is 16.1. The third-order valence-electron chi connectivity index (χ3n) is 3.47. The Bertz CT molecular complexity index is 745. The van der Waals surface area contributed by atoms with Crippen LogP contribution in [-0.2, 0) is 11.2 Å². The number of carboxylic acids is 1. The average Bonchev–Trinajstić information content (AvgIpc) is 2.43. The number of benzene rings is 1. The number of carbonyl (C=O) groups excluding carboxylic acids is 1. The molecule has 0 radical (unpaired) electrons. The number of hydrogen-bond donors (Lipinski definition) is 0. The Morgan fingerprint density at radius 2 is 2.09 bits per heavy atom. The lowest BCUT2D eigenvalue weighted by Crippen LogP contribution is -2.37. The molecule has 5 heteroatoms. The van der Waals surface area contributed by atoms with E-state index in [0.29, 0.717) is 23.1 Å². The molecule has 1 heterocycles. The SMILES string of the molecule is CCCCc1cc(=O)oc2cc(C)cc(O[C@@H](C)C(=O)[O-])c12. The zero-order valence-electron chi connectivity index (χ0n) is 13.0. The summed E-state index contributed by atoms with van der Waals surface area (Å²) in [6.45, 7) is 5.30. The van der Waals surface area contributed by atoms with Gasteiger partial charge in [-0.1, -0.05) is 13.3 Å². The van der Waals surface area contributed by atoms with Gasteiger partial charge in [-0.25, -0.2) is 4.79 Å². The van der Waals surface area contributed by atoms with Crippen molar-refractivity contribution in [1.82, 2.24) is 0 Å². The van der Waals surface area contributed by atoms with Crippen molar-refractivity contribution in [1.29, 1.82) is 0 Å². The minimum atomic E-state index is -1.29. The summed E-state index contributed by atoms with van der Waals surface area (Å²) >= 11 is 0. The lowest BCUT2D eigenvalue weighted by atomic mass is 10.0. The van der Waals surface area contributed by atoms with E-state index < -0.39 is 17.7 Å². The number of hydrogen-bond acceptors (Lipinski definition) is 5. The fraction of sp³-hybridized carbons (Fsp3) is 0.412. The Labute approximate surface area is 128 Å². The monoisotopic (exact) mass is 303 g/mol. The molecule has 5 nitrogen and oxygen atoms in total. The molecule has 0 aliphatic heterocycles. The highest BCUT2D eigenvalue weighted by atomic mass is 16.5. The first-order chi connectivity index (χ1) is 10.4. The van der Waals surface area contributed by atoms with E-state index >= 15 is 0 Å². The van der Waals surface area contributed by atoms with Gasteiger partial charge in [-0.3, -0.25) is 0 Å². The first-order valence-electron chi connectivity index (χ1n) is 7.37. The molecule has 0 bridgehead atoms. The molecule has 22 heavy (non-hydrogen) atoms. The van der Waals surface area contributed by atoms with Crippen LogP contribution in [0.2, 0.25) is 0 Å². The molecule has 0 amide bonds. The van der Waals surface area contributed by atoms with Gasteiger partial charge in [-0.05, 0) is 49.9 Å². The van der Waals surface area contributed by atoms with Gasteiger partial charge in [0.1, 0.15) is 17.4 Å². The van der Waals surface area contributed by atoms with E-state index in [1.54, 1.807) is 12.1 Å². The first-order valence-corrected chi connectivity index (χ1v) is 7.37. The smallest absolute Gasteiger partial charge is 0.336 e. The molecule has 0 spiro atoms. The largest absolute Gasteiger partial charge is 0.546 e. The van der Waals surface area contributed by atoms with E-state index in [1.165, 1.54) is 13.0 Å². The molecule has 0 N–H and O–H groups in total. The maximum Gasteiger partial charge on any atom is 0.336 e. The second kappa shape index (κ2) is 6.64. The van der Waals surface area contributed by atoms with Crippen LogP contribution in [0.3, 0.4) is 0 Å². The van der Waals surface area contributed by atoms with E-state index in [1.807, 2.05) is 6.92 Å². The van der Waals surface area contributed by atoms with Gasteiger partial charge in [-0.2, -0.15) is 0 Å². The Morgan fingerprint density at radius 3 is 2.73 bits per heavy atom. The van der Waals surface area contributed by atoms with Crippen LogP contribution < -0.4 is 15.5 Å². The molecule has 0 saturated heterocycles. The molecule has 118 valence electrons. The van der Waals surface area contributed by atoms with Crippen LogP contribution in [0.15, 0.2) is 27.4 Å². The van der Waals surface area contributed by atoms with Crippen LogP contribution in [0.1, 0.15) is 37.8 Å². The van der Waals surface area contributed by atoms with Crippen LogP contribution >= 0.6 is 0 Å². The predicted octanol–water partition coefficient (Wildman–Crippen LogP) is 1.96. The molecule has 0 unspecified atom stereocenters. The molecule has 0 saturated carbocycles. The van der Waals surface area contributed by atoms with Gasteiger partial charge in [-0.15, -0.1) is 0 Å². The van der Waals surface area contributed by atoms with Crippen LogP contribution in [0.4, 0.5) is 0 Å². The average molecular weight is 303 g/mol. The molecule has 2 rings (SSSR count). The fourth-order valence-corrected chi connectivity index (χ4v) is 2.37. The van der Waals surface area contributed by atoms with Crippen LogP contribution in [0.5, 0.6) is 5.75 Å². The van der Waals surface area contributed by atoms with Gasteiger partial charge >= 0.3 is 5.63 Å². The van der Waals surface area contributed by atoms with Crippen LogP contribution in [0.25, 0.3) is 11.0 Å². The van der Waals surface area contributed by atoms with E-state index in [-0.39, 0.29) is 0 Å². The van der Waals surface area contributed by atoms with E-state index in [2.05, 4.69) is 6.92 Å². The van der Waals surface area contributed by atoms with Crippen molar-refractivity contribution in [2.45, 2.75) is 46.1 Å². The van der Waals surface area contributed by atoms with Crippen molar-refractivity contribution in [3.05, 3.63) is 39.7 Å². The molecule has 0 aliphatic rings. The zero-order chi connectivity index (χ0) is 16.3. The lowest BCUT2D eigenvalue weighted by Gasteiger charge is -2.18. The zero-order valence-corrected chi connectivity index (χ0v) is 13.0. The van der Waals surface area contributed by atoms with Crippen molar-refractivity contribution >= 4 is 16.9 Å². The Morgan fingerprint density at radius 1 is 1.36 bits per heavy atom. The number of carbonyl (C=O) groups is 1. The van der Waals surface area contributed by atoms with Crippen molar-refractivity contribution in [2.75, 3.05) is 0 Å². The van der Waals surface area contributed by atoms with Gasteiger partial charge in [0, 0.05) is 6.07 Å². The number of aliphatic carboxylic acids is 1. The molecule has 1 aromatic carbocycles. The maximum atomic E-state index is 11.7. The Balaban J connectivity index is 2.62. The lowest BCUT2D eigenvalue weighted by molar-refractivity contribution is -0.312. The van der Waals surface area contributed by atoms with Crippen molar-refractivity contribution in [3.63, 3.8) is 0 Å². The Hall–Kier alpha value is -2.30. The summed E-state index contributed by atoms with van der Waals surface area (Å²) in [5.41, 5.74) is 1.64. The number of unbranched alkanes of at least 4 members (excludes halogenated alkanes) is 1. The number of ether oxygens (including phenoxy) is 1. The van der Waals surface area contributed by atoms with Crippen LogP contribution in [-0.4, -0.2) is 12.1 Å². The third kappa shape index (κ3) is 3.47. The van der Waals surface area contributed by atoms with Crippen molar-refractivity contribution in [2.24, 2.45) is 0 Å². The molecule has 1 aromatic heterocycles. The van der Waals surface area contributed by atoms with Crippen molar-refractivity contribution < 1.29 is 19.1 Å². The summed E-state index contributed by atoms with van der Waals surface area (Å²) < 4.78 is 10.8. The molecular formula is C17H19O5-. The number of fused-ring (bicyclic) bond motifs is 1. The molecule has 0 fully saturated rings. The topological polar surface area (TPSA) is 79.6 Å². The van der Waals surface area contributed by atoms with Gasteiger partial charge < -0.3 is 19.1 Å². The number of aryl methyl sites for hydroxylation is 2. The van der Waals surface area contributed by atoms with Crippen LogP contribution in [0, 0.1) is 6.92 Å². The van der Waals surface area contributed by atoms with Gasteiger partial charge in [0.05, 0.1) is 11.4 Å². The van der Waals surface area contributed by atoms with E-state index in [9.17, 15) is 14.7 Å². The summed E-state index contributed by atoms with van der Waals surface area (Å²) in [6, 6.07) is 4.95. The highest BCUT2D eigenvalue weighted by Crippen LogP contribution is 2.31. The van der Waals surface area contributed by atoms with E-state index in [4.69, 9.17) is 9.15 Å². The van der Waals surface area contributed by atoms with Gasteiger partial charge in [0.25, 0.3) is 0 Å². The highest BCUT2D eigenvalue weighted by Gasteiger charge is 2.15. The van der Waals surface area contributed by atoms with Gasteiger partial charge in [0.15, 0.2) is 0 Å². The van der Waals surface area contributed by atoms with E-state index in [0.717, 1.165) is 24.0 Å². The predicted molar refractivity (Wildman–Crippen MR) is 80.9 cm³/mol. The second-order valence-electron chi connectivity index (χ2n) is 5.41. The number of carboxylic acid groups (broad SMARTS) is 1. The maximum absolute atomic E-state index is 11.7. The van der Waals surface area contributed by atoms with Crippen molar-refractivity contribution in [3.8, 4) is 5.75 Å². The summed E-state index contributed by atoms with van der Waals surface area (Å²) in [7, 11) is 0. The molecular weight excluding hydrogens is 284 g/mol. The second-order valence-corrected chi connectivity index (χ2v) is 5.41. The minimum Gasteiger partial charge on any atom is -0.546 e. The fourth-order valence-electron chi connectivity index (χ4n) is 2.37. The standard InChI is InChI=1S/C17H20O5/c1-4-5-6-12-9-15(18)22-14-8-10(2)7-13(16(12)14)21-11(3)17(19)20/h7-9,11H,4-6H2,1-3H3,(H,19,20)/p-1/t11-/m0/s1. The van der Waals surface area contributed by atoms with Gasteiger partial charge in [0.2, 0.25) is 0 Å². The summed E-state index contributed by atoms with van der Waals surface area (Å²) in [5.74, 6) is -0.885. The molecule has 2 aromatic rings. The summed E-state index contributed by atoms with van der Waals surface area (Å²) in [5, 5.41) is 11.6.